The van der Waals surface area contributed by atoms with Crippen LogP contribution >= 0.6 is 0 Å². The Morgan fingerprint density at radius 2 is 1.89 bits per heavy atom. The van der Waals surface area contributed by atoms with Crippen molar-refractivity contribution in [2.75, 3.05) is 12.8 Å². The van der Waals surface area contributed by atoms with Gasteiger partial charge in [-0.05, 0) is 6.42 Å². The van der Waals surface area contributed by atoms with Crippen LogP contribution in [0.5, 0.6) is 0 Å². The Bertz CT molecular complexity index is 388. The predicted molar refractivity (Wildman–Crippen MR) is 76.0 cm³/mol. The first-order valence-electron chi connectivity index (χ1n) is 7.10. The molecule has 0 bridgehead atoms. The SMILES string of the molecule is CCCCCCCCCn1cc(N)c(C(=O)OC)n1. The van der Waals surface area contributed by atoms with E-state index in [-0.39, 0.29) is 5.69 Å². The zero-order valence-corrected chi connectivity index (χ0v) is 12.0. The first-order valence-corrected chi connectivity index (χ1v) is 7.10. The first-order chi connectivity index (χ1) is 9.19. The van der Waals surface area contributed by atoms with Crippen molar-refractivity contribution in [1.29, 1.82) is 0 Å². The molecule has 1 aromatic heterocycles. The highest BCUT2D eigenvalue weighted by Gasteiger charge is 2.14. The maximum Gasteiger partial charge on any atom is 0.360 e. The lowest BCUT2D eigenvalue weighted by atomic mass is 10.1. The summed E-state index contributed by atoms with van der Waals surface area (Å²) >= 11 is 0. The highest BCUT2D eigenvalue weighted by molar-refractivity contribution is 5.92. The second-order valence-corrected chi connectivity index (χ2v) is 4.81. The van der Waals surface area contributed by atoms with Gasteiger partial charge in [-0.25, -0.2) is 4.79 Å². The molecule has 0 spiro atoms. The van der Waals surface area contributed by atoms with Crippen LogP contribution in [0.4, 0.5) is 5.69 Å². The van der Waals surface area contributed by atoms with Crippen LogP contribution in [-0.4, -0.2) is 22.9 Å². The molecule has 0 unspecified atom stereocenters. The molecule has 0 aliphatic heterocycles. The lowest BCUT2D eigenvalue weighted by Crippen LogP contribution is -2.06. The van der Waals surface area contributed by atoms with Crippen LogP contribution in [0.1, 0.15) is 62.4 Å². The van der Waals surface area contributed by atoms with Crippen molar-refractivity contribution in [3.05, 3.63) is 11.9 Å². The molecule has 0 fully saturated rings. The molecular weight excluding hydrogens is 242 g/mol. The summed E-state index contributed by atoms with van der Waals surface area (Å²) in [6.45, 7) is 3.02. The molecule has 0 saturated carbocycles. The van der Waals surface area contributed by atoms with Gasteiger partial charge in [-0.2, -0.15) is 5.10 Å². The van der Waals surface area contributed by atoms with Gasteiger partial charge < -0.3 is 10.5 Å². The number of anilines is 1. The molecule has 1 aromatic rings. The maximum absolute atomic E-state index is 11.3. The van der Waals surface area contributed by atoms with Crippen molar-refractivity contribution in [2.45, 2.75) is 58.4 Å². The van der Waals surface area contributed by atoms with Gasteiger partial charge in [-0.15, -0.1) is 0 Å². The van der Waals surface area contributed by atoms with Crippen LogP contribution in [0.2, 0.25) is 0 Å². The van der Waals surface area contributed by atoms with Crippen LogP contribution in [0.25, 0.3) is 0 Å². The summed E-state index contributed by atoms with van der Waals surface area (Å²) in [5.74, 6) is -0.476. The number of unbranched alkanes of at least 4 members (excludes halogenated alkanes) is 6. The van der Waals surface area contributed by atoms with Gasteiger partial charge in [0.1, 0.15) is 0 Å². The van der Waals surface area contributed by atoms with Gasteiger partial charge in [-0.3, -0.25) is 4.68 Å². The fourth-order valence-electron chi connectivity index (χ4n) is 2.04. The van der Waals surface area contributed by atoms with Crippen molar-refractivity contribution in [2.24, 2.45) is 0 Å². The van der Waals surface area contributed by atoms with E-state index >= 15 is 0 Å². The number of nitrogens with zero attached hydrogens (tertiary/aromatic N) is 2. The molecule has 1 heterocycles. The molecule has 0 aliphatic rings. The van der Waals surface area contributed by atoms with Crippen LogP contribution < -0.4 is 5.73 Å². The van der Waals surface area contributed by atoms with Crippen LogP contribution in [0.15, 0.2) is 6.20 Å². The Morgan fingerprint density at radius 3 is 2.53 bits per heavy atom. The van der Waals surface area contributed by atoms with Crippen molar-refractivity contribution in [3.63, 3.8) is 0 Å². The second kappa shape index (κ2) is 8.56. The molecule has 0 saturated heterocycles. The van der Waals surface area contributed by atoms with Gasteiger partial charge in [0, 0.05) is 12.7 Å². The molecule has 1 rings (SSSR count). The lowest BCUT2D eigenvalue weighted by molar-refractivity contribution is 0.0594. The number of ether oxygens (including phenoxy) is 1. The van der Waals surface area contributed by atoms with Crippen molar-refractivity contribution >= 4 is 11.7 Å². The molecule has 19 heavy (non-hydrogen) atoms. The van der Waals surface area contributed by atoms with E-state index in [1.807, 2.05) is 0 Å². The average molecular weight is 267 g/mol. The van der Waals surface area contributed by atoms with E-state index in [0.717, 1.165) is 13.0 Å². The minimum absolute atomic E-state index is 0.213. The summed E-state index contributed by atoms with van der Waals surface area (Å²) in [6.07, 6.45) is 10.5. The third kappa shape index (κ3) is 5.32. The van der Waals surface area contributed by atoms with Crippen LogP contribution in [0, 0.1) is 0 Å². The summed E-state index contributed by atoms with van der Waals surface area (Å²) in [4.78, 5) is 11.3. The van der Waals surface area contributed by atoms with E-state index in [0.29, 0.717) is 5.69 Å². The highest BCUT2D eigenvalue weighted by atomic mass is 16.5. The number of aromatic nitrogens is 2. The third-order valence-corrected chi connectivity index (χ3v) is 3.16. The van der Waals surface area contributed by atoms with Gasteiger partial charge in [0.05, 0.1) is 12.8 Å². The van der Waals surface area contributed by atoms with E-state index in [9.17, 15) is 4.79 Å². The highest BCUT2D eigenvalue weighted by Crippen LogP contribution is 2.12. The number of methoxy groups -OCH3 is 1. The molecule has 5 heteroatoms. The van der Waals surface area contributed by atoms with Crippen LogP contribution in [-0.2, 0) is 11.3 Å². The molecular formula is C14H25N3O2. The number of nitrogen functional groups attached to an aromatic ring is 1. The Hall–Kier alpha value is -1.52. The molecule has 5 nitrogen and oxygen atoms in total. The summed E-state index contributed by atoms with van der Waals surface area (Å²) in [5, 5.41) is 4.14. The van der Waals surface area contributed by atoms with E-state index in [1.54, 1.807) is 10.9 Å². The Morgan fingerprint density at radius 1 is 1.26 bits per heavy atom. The molecule has 0 aromatic carbocycles. The van der Waals surface area contributed by atoms with Gasteiger partial charge in [0.15, 0.2) is 5.69 Å². The lowest BCUT2D eigenvalue weighted by Gasteiger charge is -2.02. The Labute approximate surface area is 115 Å². The molecule has 0 atom stereocenters. The van der Waals surface area contributed by atoms with E-state index < -0.39 is 5.97 Å². The average Bonchev–Trinajstić information content (AvgIpc) is 2.78. The number of rotatable bonds is 9. The maximum atomic E-state index is 11.3. The van der Waals surface area contributed by atoms with Gasteiger partial charge in [-0.1, -0.05) is 45.4 Å². The number of aryl methyl sites for hydroxylation is 1. The number of carbonyl (C=O) groups is 1. The van der Waals surface area contributed by atoms with Crippen molar-refractivity contribution in [3.8, 4) is 0 Å². The quantitative estimate of drug-likeness (QED) is 0.551. The normalized spacial score (nSPS) is 10.6. The third-order valence-electron chi connectivity index (χ3n) is 3.16. The van der Waals surface area contributed by atoms with E-state index in [4.69, 9.17) is 5.73 Å². The molecule has 0 amide bonds. The standard InChI is InChI=1S/C14H25N3O2/c1-3-4-5-6-7-8-9-10-17-11-12(15)13(16-17)14(18)19-2/h11H,3-10,15H2,1-2H3. The number of esters is 1. The number of hydrogen-bond acceptors (Lipinski definition) is 4. The topological polar surface area (TPSA) is 70.1 Å². The minimum Gasteiger partial charge on any atom is -0.464 e. The number of carbonyl (C=O) groups excluding carboxylic acids is 1. The molecule has 2 N–H and O–H groups in total. The summed E-state index contributed by atoms with van der Waals surface area (Å²) in [5.41, 5.74) is 6.32. The minimum atomic E-state index is -0.476. The van der Waals surface area contributed by atoms with E-state index in [2.05, 4.69) is 16.8 Å². The Balaban J connectivity index is 2.25. The molecule has 0 radical (unpaired) electrons. The van der Waals surface area contributed by atoms with Crippen LogP contribution in [0.3, 0.4) is 0 Å². The van der Waals surface area contributed by atoms with Gasteiger partial charge >= 0.3 is 5.97 Å². The summed E-state index contributed by atoms with van der Waals surface area (Å²) in [7, 11) is 1.33. The van der Waals surface area contributed by atoms with Gasteiger partial charge in [0.25, 0.3) is 0 Å². The summed E-state index contributed by atoms with van der Waals surface area (Å²) < 4.78 is 6.35. The molecule has 0 aliphatic carbocycles. The number of nitrogens with two attached hydrogens (primary N) is 1. The monoisotopic (exact) mass is 267 g/mol. The fraction of sp³-hybridized carbons (Fsp3) is 0.714. The smallest absolute Gasteiger partial charge is 0.360 e. The number of hydrogen-bond donors (Lipinski definition) is 1. The zero-order chi connectivity index (χ0) is 14.1. The summed E-state index contributed by atoms with van der Waals surface area (Å²) in [6, 6.07) is 0. The van der Waals surface area contributed by atoms with Crippen molar-refractivity contribution in [1.82, 2.24) is 9.78 Å². The predicted octanol–water partition coefficient (Wildman–Crippen LogP) is 3.00. The van der Waals surface area contributed by atoms with Gasteiger partial charge in [0.2, 0.25) is 0 Å². The first kappa shape index (κ1) is 15.5. The fourth-order valence-corrected chi connectivity index (χ4v) is 2.04. The zero-order valence-electron chi connectivity index (χ0n) is 12.0. The van der Waals surface area contributed by atoms with E-state index in [1.165, 1.54) is 45.6 Å². The molecule has 108 valence electrons. The largest absolute Gasteiger partial charge is 0.464 e. The second-order valence-electron chi connectivity index (χ2n) is 4.81. The Kier molecular flexibility index (Phi) is 7.00. The van der Waals surface area contributed by atoms with Crippen molar-refractivity contribution < 1.29 is 9.53 Å².